The number of hydrogen-bond acceptors (Lipinski definition) is 39. The van der Waals surface area contributed by atoms with Crippen LogP contribution in [-0.2, 0) is 40.1 Å². The van der Waals surface area contributed by atoms with Gasteiger partial charge in [0.15, 0.2) is 17.5 Å². The van der Waals surface area contributed by atoms with Gasteiger partial charge in [-0.05, 0) is 173 Å². The SMILES string of the molecule is CNCCOc1ccc2nc(-n3nc(Nc4ccc(S(N)(=O)=O)cc4)nc3N)sc2c1.C[C@@H](Nc1cc(-n2nc(Nc3ccc(S(N)(=O)=O)cc3)nc2N)ncn1)c1ccccc1.Nc1nc(Nc2ccc(S(N)(=O)=O)cc2)nn1-c1cc(NC(CCO)c2ccccc2)ncn1.Nc1nc(Nc2ccc(S(N)(=O)=O)cc2)nn1-c1cc(NC2CCNCC2)ncn1. The molecule has 1 saturated heterocycles. The van der Waals surface area contributed by atoms with E-state index in [1.54, 1.807) is 54.6 Å². The fourth-order valence-corrected chi connectivity index (χ4v) is 15.1. The fourth-order valence-electron chi connectivity index (χ4n) is 12.1. The molecule has 0 radical (unpaired) electrons. The molecule has 660 valence electrons. The summed E-state index contributed by atoms with van der Waals surface area (Å²) < 4.78 is 103. The molecule has 1 unspecified atom stereocenters. The molecule has 16 rings (SSSR count). The molecule has 1 aliphatic heterocycles. The molecule has 46 nitrogen and oxygen atoms in total. The third-order valence-corrected chi connectivity index (χ3v) is 23.1. The highest BCUT2D eigenvalue weighted by Crippen LogP contribution is 2.32. The van der Waals surface area contributed by atoms with Crippen LogP contribution in [0.4, 0.5) is 87.8 Å². The number of primary sulfonamides is 4. The van der Waals surface area contributed by atoms with E-state index in [0.29, 0.717) is 81.9 Å². The Morgan fingerprint density at radius 2 is 0.843 bits per heavy atom. The predicted molar refractivity (Wildman–Crippen MR) is 479 cm³/mol. The summed E-state index contributed by atoms with van der Waals surface area (Å²) >= 11 is 1.41. The molecular weight excluding hydrogens is 1740 g/mol. The van der Waals surface area contributed by atoms with Crippen molar-refractivity contribution in [1.29, 1.82) is 0 Å². The molecule has 127 heavy (non-hydrogen) atoms. The quantitative estimate of drug-likeness (QED) is 0.0250. The Hall–Kier alpha value is -14.7. The Bertz CT molecular complexity index is 6740. The van der Waals surface area contributed by atoms with E-state index < -0.39 is 40.1 Å². The van der Waals surface area contributed by atoms with Gasteiger partial charge in [-0.3, -0.25) is 0 Å². The molecule has 9 heterocycles. The van der Waals surface area contributed by atoms with Gasteiger partial charge in [0.1, 0.15) is 48.8 Å². The number of fused-ring (bicyclic) bond motifs is 1. The molecular formula is C76H86N36O10S5. The smallest absolute Gasteiger partial charge is 0.248 e. The maximum Gasteiger partial charge on any atom is 0.248 e. The number of benzene rings is 7. The number of anilines is 15. The molecule has 26 N–H and O–H groups in total. The van der Waals surface area contributed by atoms with Crippen LogP contribution in [0.5, 0.6) is 5.75 Å². The van der Waals surface area contributed by atoms with Gasteiger partial charge in [-0.15, -0.1) is 20.4 Å². The molecule has 0 aliphatic carbocycles. The first-order chi connectivity index (χ1) is 60.8. The second-order valence-electron chi connectivity index (χ2n) is 27.5. The highest BCUT2D eigenvalue weighted by molar-refractivity contribution is 7.90. The van der Waals surface area contributed by atoms with Gasteiger partial charge in [-0.2, -0.15) is 38.7 Å². The van der Waals surface area contributed by atoms with Gasteiger partial charge < -0.3 is 80.6 Å². The zero-order valence-corrected chi connectivity index (χ0v) is 71.5. The molecule has 0 amide bonds. The van der Waals surface area contributed by atoms with Crippen molar-refractivity contribution in [3.05, 3.63) is 224 Å². The minimum absolute atomic E-state index is 0.00629. The number of nitrogens with zero attached hydrogens (tertiary/aromatic N) is 19. The Morgan fingerprint density at radius 3 is 1.24 bits per heavy atom. The number of nitrogens with two attached hydrogens (primary N) is 8. The first-order valence-corrected chi connectivity index (χ1v) is 45.2. The van der Waals surface area contributed by atoms with Crippen molar-refractivity contribution in [2.24, 2.45) is 20.6 Å². The number of sulfonamides is 4. The van der Waals surface area contributed by atoms with E-state index in [2.05, 4.69) is 123 Å². The number of rotatable bonds is 30. The summed E-state index contributed by atoms with van der Waals surface area (Å²) in [6.07, 6.45) is 6.76. The lowest BCUT2D eigenvalue weighted by Crippen LogP contribution is -2.35. The van der Waals surface area contributed by atoms with Crippen LogP contribution in [0.25, 0.3) is 32.8 Å². The van der Waals surface area contributed by atoms with E-state index >= 15 is 0 Å². The maximum absolute atomic E-state index is 11.4. The minimum atomic E-state index is -3.78. The highest BCUT2D eigenvalue weighted by Gasteiger charge is 2.22. The molecule has 0 saturated carbocycles. The van der Waals surface area contributed by atoms with E-state index in [-0.39, 0.29) is 85.9 Å². The lowest BCUT2D eigenvalue weighted by Gasteiger charge is -2.24. The summed E-state index contributed by atoms with van der Waals surface area (Å²) in [6, 6.07) is 54.2. The summed E-state index contributed by atoms with van der Waals surface area (Å²) in [4.78, 5) is 46.8. The number of ether oxygens (including phenoxy) is 1. The van der Waals surface area contributed by atoms with E-state index in [9.17, 15) is 38.8 Å². The van der Waals surface area contributed by atoms with Crippen molar-refractivity contribution in [2.45, 2.75) is 63.9 Å². The molecule has 15 aromatic rings. The van der Waals surface area contributed by atoms with Crippen LogP contribution in [0.1, 0.15) is 49.4 Å². The third-order valence-electron chi connectivity index (χ3n) is 18.3. The molecule has 7 aromatic carbocycles. The van der Waals surface area contributed by atoms with Crippen molar-refractivity contribution in [3.8, 4) is 28.3 Å². The first-order valence-electron chi connectivity index (χ1n) is 38.2. The number of aliphatic hydroxyl groups excluding tert-OH is 1. The normalized spacial score (nSPS) is 12.8. The second-order valence-corrected chi connectivity index (χ2v) is 34.8. The summed E-state index contributed by atoms with van der Waals surface area (Å²) in [6.45, 7) is 5.30. The molecule has 51 heteroatoms. The third kappa shape index (κ3) is 24.7. The molecule has 8 aromatic heterocycles. The Morgan fingerprint density at radius 1 is 0.465 bits per heavy atom. The van der Waals surface area contributed by atoms with Crippen molar-refractivity contribution < 1.29 is 43.5 Å². The summed E-state index contributed by atoms with van der Waals surface area (Å²) in [7, 11) is -13.2. The van der Waals surface area contributed by atoms with Crippen LogP contribution < -0.4 is 96.1 Å². The minimum Gasteiger partial charge on any atom is -0.492 e. The van der Waals surface area contributed by atoms with Crippen molar-refractivity contribution in [3.63, 3.8) is 0 Å². The summed E-state index contributed by atoms with van der Waals surface area (Å²) in [5, 5.41) is 76.1. The summed E-state index contributed by atoms with van der Waals surface area (Å²) in [5.74, 6) is 5.28. The largest absolute Gasteiger partial charge is 0.492 e. The Kier molecular flexibility index (Phi) is 28.6. The average Bonchev–Trinajstić information content (AvgIpc) is 1.65. The number of aliphatic hydroxyl groups is 1. The van der Waals surface area contributed by atoms with Gasteiger partial charge in [-0.1, -0.05) is 72.0 Å². The van der Waals surface area contributed by atoms with Crippen LogP contribution in [0, 0.1) is 0 Å². The zero-order valence-electron chi connectivity index (χ0n) is 67.4. The number of likely N-dealkylation sites (N-methyl/N-ethyl adjacent to an activating group) is 1. The zero-order chi connectivity index (χ0) is 90.0. The number of nitrogen functional groups attached to an aromatic ring is 4. The van der Waals surface area contributed by atoms with Gasteiger partial charge in [0.05, 0.1) is 35.8 Å². The number of piperidine rings is 1. The average molecular weight is 1820 g/mol. The monoisotopic (exact) mass is 1820 g/mol. The number of thiazole rings is 1. The van der Waals surface area contributed by atoms with Crippen LogP contribution in [0.3, 0.4) is 0 Å². The van der Waals surface area contributed by atoms with Crippen LogP contribution in [-0.4, -0.2) is 179 Å². The predicted octanol–water partition coefficient (Wildman–Crippen LogP) is 5.41. The molecule has 1 aliphatic rings. The van der Waals surface area contributed by atoms with Gasteiger partial charge in [0, 0.05) is 66.2 Å². The fraction of sp³-hybridized carbons (Fsp3) is 0.171. The Labute approximate surface area is 730 Å². The maximum atomic E-state index is 11.4. The van der Waals surface area contributed by atoms with E-state index in [4.69, 9.17) is 48.2 Å². The summed E-state index contributed by atoms with van der Waals surface area (Å²) in [5.41, 5.74) is 29.3. The highest BCUT2D eigenvalue weighted by atomic mass is 32.2. The van der Waals surface area contributed by atoms with E-state index in [1.165, 1.54) is 110 Å². The van der Waals surface area contributed by atoms with Crippen LogP contribution in [0.2, 0.25) is 0 Å². The molecule has 0 spiro atoms. The van der Waals surface area contributed by atoms with Gasteiger partial charge in [0.2, 0.25) is 92.8 Å². The second kappa shape index (κ2) is 40.3. The van der Waals surface area contributed by atoms with Crippen LogP contribution >= 0.6 is 11.3 Å². The lowest BCUT2D eigenvalue weighted by molar-refractivity contribution is 0.280. The van der Waals surface area contributed by atoms with Crippen molar-refractivity contribution in [2.75, 3.05) is 100 Å². The number of hydrogen-bond donors (Lipinski definition) is 18. The molecule has 0 bridgehead atoms. The topological polar surface area (TPSA) is 696 Å². The molecule has 1 fully saturated rings. The van der Waals surface area contributed by atoms with Crippen molar-refractivity contribution in [1.82, 2.24) is 105 Å². The van der Waals surface area contributed by atoms with Gasteiger partial charge in [-0.25, -0.2) is 89.1 Å². The number of nitrogens with one attached hydrogen (secondary N) is 9. The number of aromatic nitrogens is 19. The first kappa shape index (κ1) is 90.1. The molecule has 2 atom stereocenters. The van der Waals surface area contributed by atoms with Crippen LogP contribution in [0.15, 0.2) is 233 Å². The van der Waals surface area contributed by atoms with Crippen molar-refractivity contribution >= 4 is 149 Å². The van der Waals surface area contributed by atoms with E-state index in [1.807, 2.05) is 92.8 Å². The standard InChI is InChI=1S/C21H23N9O3S.C20H21N9O2S.C18H20N8O3S2.C17H22N10O2S/c22-20-28-21(26-15-6-8-16(9-7-15)34(23,32)33)29-30(20)19-12-18(24-13-25-19)27-17(10-11-31)14-4-2-1-3-5-14;1-13(14-5-3-2-4-6-14)25-17-11-18(24-12-23-17)29-19(21)27-20(28-29)26-15-7-9-16(10-8-15)32(22,30)31;1-21-8-9-29-12-4-7-14-15(10-12)30-18(23-14)26-16(19)24-17(25-26)22-11-2-5-13(6-3-11)31(20,27)28;18-16-25-17(24-11-1-3-13(4-2-11)30(19,28)29)26-27(16)15-9-14(21-10-22-15)23-12-5-7-20-8-6-12/h1-9,12-13,17,31H,10-11H2,(H2,23,32,33)(H,24,25,27)(H3,22,26,28,29);2-13H,1H3,(H2,22,30,31)(H,23,24,25)(H3,21,26,27,28);2-7,10,21H,8-9H2,1H3,(H2,20,27,28)(H3,19,22,24,25);1-4,9-10,12,20H,5-8H2,(H2,19,28,29)(H,21,22,23)(H3,18,24,25,26)/t;13-;;/m.1../s1. The Balaban J connectivity index is 0.000000145. The van der Waals surface area contributed by atoms with Gasteiger partial charge in [0.25, 0.3) is 0 Å². The van der Waals surface area contributed by atoms with Gasteiger partial charge >= 0.3 is 0 Å². The van der Waals surface area contributed by atoms with E-state index in [0.717, 1.165) is 59.6 Å². The lowest BCUT2D eigenvalue weighted by atomic mass is 10.0.